The van der Waals surface area contributed by atoms with E-state index < -0.39 is 0 Å². The van der Waals surface area contributed by atoms with Gasteiger partial charge in [0.2, 0.25) is 0 Å². The van der Waals surface area contributed by atoms with E-state index in [4.69, 9.17) is 15.0 Å². The predicted octanol–water partition coefficient (Wildman–Crippen LogP) is -2.74. The third-order valence-electron chi connectivity index (χ3n) is 4.86. The summed E-state index contributed by atoms with van der Waals surface area (Å²) in [7, 11) is 0. The molecule has 8 heteroatoms. The minimum Gasteiger partial charge on any atom is -1.00 e. The third-order valence-corrected chi connectivity index (χ3v) is 4.86. The fourth-order valence-corrected chi connectivity index (χ4v) is 3.44. The van der Waals surface area contributed by atoms with Crippen molar-refractivity contribution in [2.24, 2.45) is 20.0 Å². The summed E-state index contributed by atoms with van der Waals surface area (Å²) in [6.07, 6.45) is 12.2. The van der Waals surface area contributed by atoms with Gasteiger partial charge in [0.05, 0.1) is 11.4 Å². The molecule has 0 bridgehead atoms. The number of allylic oxidation sites excluding steroid dienone is 4. The van der Waals surface area contributed by atoms with E-state index in [-0.39, 0.29) is 55.5 Å². The molecular weight excluding hydrogens is 444 g/mol. The number of aromatic nitrogens is 1. The van der Waals surface area contributed by atoms with Gasteiger partial charge in [-0.05, 0) is 49.3 Å². The van der Waals surface area contributed by atoms with Crippen LogP contribution in [0.25, 0.3) is 0 Å². The SMILES string of the molecule is CC1=CC=CC2=NC(c3cccc(C4=NC5C(C)=CC=CC5=N4)n3)=NC12.[Cl-].[Cl-].[V+2]. The van der Waals surface area contributed by atoms with E-state index in [1.54, 1.807) is 0 Å². The van der Waals surface area contributed by atoms with Gasteiger partial charge in [-0.1, -0.05) is 30.4 Å². The van der Waals surface area contributed by atoms with Crippen LogP contribution in [-0.4, -0.2) is 40.2 Å². The van der Waals surface area contributed by atoms with Gasteiger partial charge in [0.25, 0.3) is 0 Å². The second-order valence-corrected chi connectivity index (χ2v) is 6.73. The molecule has 0 fully saturated rings. The number of nitrogens with zero attached hydrogens (tertiary/aromatic N) is 5. The van der Waals surface area contributed by atoms with Crippen LogP contribution in [0.5, 0.6) is 0 Å². The summed E-state index contributed by atoms with van der Waals surface area (Å²) in [5.41, 5.74) is 5.85. The molecule has 145 valence electrons. The quantitative estimate of drug-likeness (QED) is 0.472. The van der Waals surface area contributed by atoms with Gasteiger partial charge in [0.15, 0.2) is 11.7 Å². The number of pyridine rings is 1. The molecule has 4 aliphatic rings. The molecule has 29 heavy (non-hydrogen) atoms. The fourth-order valence-electron chi connectivity index (χ4n) is 3.44. The Labute approximate surface area is 194 Å². The molecule has 1 aromatic heterocycles. The predicted molar refractivity (Wildman–Crippen MR) is 106 cm³/mol. The van der Waals surface area contributed by atoms with E-state index in [1.165, 1.54) is 11.1 Å². The number of rotatable bonds is 2. The maximum atomic E-state index is 4.75. The van der Waals surface area contributed by atoms with E-state index in [9.17, 15) is 0 Å². The summed E-state index contributed by atoms with van der Waals surface area (Å²) in [6, 6.07) is 5.88. The number of hydrogen-bond donors (Lipinski definition) is 0. The van der Waals surface area contributed by atoms with Gasteiger partial charge < -0.3 is 24.8 Å². The normalized spacial score (nSPS) is 23.0. The Hall–Kier alpha value is -2.05. The summed E-state index contributed by atoms with van der Waals surface area (Å²) in [5.74, 6) is 1.34. The monoisotopic (exact) mass is 460 g/mol. The Morgan fingerprint density at radius 2 is 1.17 bits per heavy atom. The molecule has 0 aromatic carbocycles. The fraction of sp³-hybridized carbons (Fsp3) is 0.190. The Balaban J connectivity index is 0.000001000. The molecule has 2 atom stereocenters. The van der Waals surface area contributed by atoms with Crippen molar-refractivity contribution in [2.45, 2.75) is 25.9 Å². The summed E-state index contributed by atoms with van der Waals surface area (Å²) in [6.45, 7) is 4.16. The van der Waals surface area contributed by atoms with Gasteiger partial charge in [-0.15, -0.1) is 0 Å². The van der Waals surface area contributed by atoms with Crippen LogP contribution in [0.15, 0.2) is 85.8 Å². The van der Waals surface area contributed by atoms with Crippen LogP contribution in [0.3, 0.4) is 0 Å². The zero-order valence-electron chi connectivity index (χ0n) is 15.8. The molecular formula is C21H17Cl2N5V. The van der Waals surface area contributed by atoms with Gasteiger partial charge in [-0.25, -0.2) is 15.0 Å². The first-order chi connectivity index (χ1) is 12.7. The van der Waals surface area contributed by atoms with Crippen molar-refractivity contribution >= 4 is 23.1 Å². The van der Waals surface area contributed by atoms with Gasteiger partial charge in [-0.3, -0.25) is 9.98 Å². The van der Waals surface area contributed by atoms with Crippen LogP contribution in [0.4, 0.5) is 0 Å². The van der Waals surface area contributed by atoms with Crippen molar-refractivity contribution in [3.63, 3.8) is 0 Å². The Bertz CT molecular complexity index is 995. The van der Waals surface area contributed by atoms with E-state index in [2.05, 4.69) is 36.0 Å². The van der Waals surface area contributed by atoms with Gasteiger partial charge in [-0.2, -0.15) is 0 Å². The summed E-state index contributed by atoms with van der Waals surface area (Å²) < 4.78 is 0. The maximum absolute atomic E-state index is 4.75. The van der Waals surface area contributed by atoms with Crippen molar-refractivity contribution in [1.82, 2.24) is 4.98 Å². The van der Waals surface area contributed by atoms with Crippen molar-refractivity contribution in [2.75, 3.05) is 0 Å². The number of halogens is 2. The largest absolute Gasteiger partial charge is 2.00 e. The number of amidine groups is 2. The van der Waals surface area contributed by atoms with Crippen LogP contribution in [-0.2, 0) is 18.6 Å². The van der Waals surface area contributed by atoms with Crippen LogP contribution in [0.2, 0.25) is 0 Å². The molecule has 5 rings (SSSR count). The Kier molecular flexibility index (Phi) is 7.36. The Morgan fingerprint density at radius 3 is 1.59 bits per heavy atom. The van der Waals surface area contributed by atoms with Gasteiger partial charge >= 0.3 is 18.6 Å². The zero-order chi connectivity index (χ0) is 17.7. The maximum Gasteiger partial charge on any atom is 2.00 e. The molecule has 5 nitrogen and oxygen atoms in total. The molecule has 2 aliphatic carbocycles. The van der Waals surface area contributed by atoms with Crippen molar-refractivity contribution in [3.05, 3.63) is 77.2 Å². The molecule has 2 aliphatic heterocycles. The van der Waals surface area contributed by atoms with Crippen molar-refractivity contribution in [3.8, 4) is 0 Å². The topological polar surface area (TPSA) is 62.3 Å². The second kappa shape index (κ2) is 9.18. The summed E-state index contributed by atoms with van der Waals surface area (Å²) in [5, 5.41) is 0. The molecule has 1 radical (unpaired) electrons. The van der Waals surface area contributed by atoms with E-state index in [0.717, 1.165) is 22.8 Å². The second-order valence-electron chi connectivity index (χ2n) is 6.73. The summed E-state index contributed by atoms with van der Waals surface area (Å²) in [4.78, 5) is 23.6. The number of fused-ring (bicyclic) bond motifs is 2. The first kappa shape index (κ1) is 23.2. The minimum absolute atomic E-state index is 0. The molecule has 0 saturated carbocycles. The number of hydrogen-bond acceptors (Lipinski definition) is 5. The van der Waals surface area contributed by atoms with Crippen molar-refractivity contribution < 1.29 is 43.4 Å². The van der Waals surface area contributed by atoms with Gasteiger partial charge in [0, 0.05) is 0 Å². The zero-order valence-corrected chi connectivity index (χ0v) is 18.7. The molecule has 0 N–H and O–H groups in total. The Morgan fingerprint density at radius 1 is 0.724 bits per heavy atom. The van der Waals surface area contributed by atoms with E-state index >= 15 is 0 Å². The average molecular weight is 461 g/mol. The van der Waals surface area contributed by atoms with E-state index in [1.807, 2.05) is 42.5 Å². The first-order valence-electron chi connectivity index (χ1n) is 8.69. The minimum atomic E-state index is 0. The standard InChI is InChI=1S/C21H17N5.2ClH.V/c1-12-6-3-8-14-18(12)25-20(23-14)16-10-5-11-17(22-16)21-24-15-9-4-7-13(2)19(15)26-21;;;/h3-11,18-19H,1-2H3;2*1H;/q;;;+2/p-2. The van der Waals surface area contributed by atoms with Crippen LogP contribution in [0.1, 0.15) is 25.2 Å². The summed E-state index contributed by atoms with van der Waals surface area (Å²) >= 11 is 0. The molecule has 0 amide bonds. The van der Waals surface area contributed by atoms with Crippen molar-refractivity contribution in [1.29, 1.82) is 0 Å². The molecule has 0 saturated heterocycles. The van der Waals surface area contributed by atoms with E-state index in [0.29, 0.717) is 11.7 Å². The van der Waals surface area contributed by atoms with Crippen LogP contribution >= 0.6 is 0 Å². The van der Waals surface area contributed by atoms with Crippen LogP contribution < -0.4 is 24.8 Å². The van der Waals surface area contributed by atoms with Gasteiger partial charge in [0.1, 0.15) is 23.5 Å². The molecule has 0 spiro atoms. The van der Waals surface area contributed by atoms with Crippen LogP contribution in [0, 0.1) is 0 Å². The smallest absolute Gasteiger partial charge is 1.00 e. The molecule has 2 unspecified atom stereocenters. The third kappa shape index (κ3) is 4.14. The molecule has 1 aromatic rings. The average Bonchev–Trinajstić information content (AvgIpc) is 3.28. The first-order valence-corrected chi connectivity index (χ1v) is 8.69. The number of aliphatic imine (C=N–C) groups is 4. The molecule has 3 heterocycles.